The van der Waals surface area contributed by atoms with Gasteiger partial charge in [0, 0.05) is 30.9 Å². The molecule has 3 nitrogen and oxygen atoms in total. The van der Waals surface area contributed by atoms with Crippen LogP contribution in [0.15, 0.2) is 71.9 Å². The number of amidine groups is 1. The highest BCUT2D eigenvalue weighted by atomic mass is 15.0. The van der Waals surface area contributed by atoms with E-state index in [-0.39, 0.29) is 0 Å². The molecule has 124 valence electrons. The number of pyridine rings is 1. The smallest absolute Gasteiger partial charge is 0.128 e. The molecule has 3 heteroatoms. The van der Waals surface area contributed by atoms with Gasteiger partial charge in [-0.25, -0.2) is 0 Å². The van der Waals surface area contributed by atoms with Gasteiger partial charge in [-0.3, -0.25) is 9.98 Å². The Balaban J connectivity index is 2.15. The van der Waals surface area contributed by atoms with E-state index in [1.807, 2.05) is 31.3 Å². The number of nitrogens with zero attached hydrogens (tertiary/aromatic N) is 2. The molecule has 0 radical (unpaired) electrons. The Bertz CT molecular complexity index is 740. The van der Waals surface area contributed by atoms with Crippen molar-refractivity contribution in [2.24, 2.45) is 4.99 Å². The average molecular weight is 319 g/mol. The van der Waals surface area contributed by atoms with Crippen molar-refractivity contribution in [1.29, 1.82) is 0 Å². The van der Waals surface area contributed by atoms with Crippen LogP contribution in [0.4, 0.5) is 0 Å². The Morgan fingerprint density at radius 3 is 2.79 bits per heavy atom. The monoisotopic (exact) mass is 319 g/mol. The van der Waals surface area contributed by atoms with Gasteiger partial charge in [0.25, 0.3) is 0 Å². The molecule has 0 spiro atoms. The third-order valence-electron chi connectivity index (χ3n) is 3.64. The summed E-state index contributed by atoms with van der Waals surface area (Å²) in [7, 11) is 1.80. The van der Waals surface area contributed by atoms with Crippen LogP contribution in [0, 0.1) is 6.92 Å². The topological polar surface area (TPSA) is 37.3 Å². The molecule has 2 aromatic rings. The molecule has 1 N–H and O–H groups in total. The first kappa shape index (κ1) is 17.7. The van der Waals surface area contributed by atoms with Gasteiger partial charge in [-0.15, -0.1) is 0 Å². The van der Waals surface area contributed by atoms with Crippen LogP contribution in [0.1, 0.15) is 24.5 Å². The lowest BCUT2D eigenvalue weighted by molar-refractivity contribution is 1.00. The van der Waals surface area contributed by atoms with E-state index < -0.39 is 0 Å². The van der Waals surface area contributed by atoms with E-state index in [0.717, 1.165) is 40.2 Å². The fourth-order valence-corrected chi connectivity index (χ4v) is 2.32. The minimum atomic E-state index is 0.677. The van der Waals surface area contributed by atoms with E-state index >= 15 is 0 Å². The zero-order chi connectivity index (χ0) is 17.4. The summed E-state index contributed by atoms with van der Waals surface area (Å²) in [5, 5.41) is 3.36. The molecule has 0 aliphatic carbocycles. The predicted octanol–water partition coefficient (Wildman–Crippen LogP) is 4.55. The Kier molecular flexibility index (Phi) is 6.50. The fourth-order valence-electron chi connectivity index (χ4n) is 2.32. The minimum Gasteiger partial charge on any atom is -0.366 e. The second-order valence-electron chi connectivity index (χ2n) is 5.70. The van der Waals surface area contributed by atoms with Crippen molar-refractivity contribution < 1.29 is 0 Å². The second-order valence-corrected chi connectivity index (χ2v) is 5.70. The van der Waals surface area contributed by atoms with E-state index in [9.17, 15) is 0 Å². The third kappa shape index (κ3) is 4.92. The number of rotatable bonds is 6. The summed E-state index contributed by atoms with van der Waals surface area (Å²) in [4.78, 5) is 8.88. The van der Waals surface area contributed by atoms with Gasteiger partial charge in [-0.2, -0.15) is 0 Å². The minimum absolute atomic E-state index is 0.677. The number of benzene rings is 1. The largest absolute Gasteiger partial charge is 0.366 e. The maximum absolute atomic E-state index is 4.50. The van der Waals surface area contributed by atoms with Crippen molar-refractivity contribution in [3.8, 4) is 11.3 Å². The van der Waals surface area contributed by atoms with Crippen LogP contribution in [0.5, 0.6) is 0 Å². The Morgan fingerprint density at radius 1 is 1.29 bits per heavy atom. The van der Waals surface area contributed by atoms with Crippen molar-refractivity contribution in [3.05, 3.63) is 78.0 Å². The molecule has 2 rings (SSSR count). The van der Waals surface area contributed by atoms with E-state index in [0.29, 0.717) is 6.54 Å². The van der Waals surface area contributed by atoms with E-state index in [4.69, 9.17) is 0 Å². The van der Waals surface area contributed by atoms with Crippen molar-refractivity contribution in [3.63, 3.8) is 0 Å². The number of aryl methyl sites for hydroxylation is 1. The lowest BCUT2D eigenvalue weighted by Crippen LogP contribution is -2.26. The van der Waals surface area contributed by atoms with Crippen LogP contribution in [0.2, 0.25) is 0 Å². The maximum atomic E-state index is 4.50. The van der Waals surface area contributed by atoms with Gasteiger partial charge < -0.3 is 5.32 Å². The molecule has 1 heterocycles. The SMILES string of the molecule is C=C(/C=C\CC)CNC(=NC)c1cccc(-c2ccc(C)cn2)c1. The summed E-state index contributed by atoms with van der Waals surface area (Å²) < 4.78 is 0. The molecular formula is C21H25N3. The second kappa shape index (κ2) is 8.82. The molecule has 0 amide bonds. The first-order valence-corrected chi connectivity index (χ1v) is 8.22. The molecular weight excluding hydrogens is 294 g/mol. The molecule has 1 aromatic heterocycles. The molecule has 24 heavy (non-hydrogen) atoms. The standard InChI is InChI=1S/C21H25N3/c1-5-6-8-16(2)15-24-21(22-4)19-10-7-9-18(13-19)20-12-11-17(3)14-23-20/h6-14H,2,5,15H2,1,3-4H3,(H,22,24)/b8-6-. The predicted molar refractivity (Wildman–Crippen MR) is 103 cm³/mol. The van der Waals surface area contributed by atoms with Gasteiger partial charge in [0.2, 0.25) is 0 Å². The average Bonchev–Trinajstić information content (AvgIpc) is 2.61. The first-order valence-electron chi connectivity index (χ1n) is 8.22. The summed E-state index contributed by atoms with van der Waals surface area (Å²) in [6, 6.07) is 12.4. The van der Waals surface area contributed by atoms with E-state index in [1.54, 1.807) is 7.05 Å². The van der Waals surface area contributed by atoms with Crippen LogP contribution in [0.25, 0.3) is 11.3 Å². The maximum Gasteiger partial charge on any atom is 0.128 e. The molecule has 0 aliphatic rings. The van der Waals surface area contributed by atoms with Crippen LogP contribution in [0.3, 0.4) is 0 Å². The Hall–Kier alpha value is -2.68. The van der Waals surface area contributed by atoms with Gasteiger partial charge in [-0.1, -0.05) is 49.9 Å². The highest BCUT2D eigenvalue weighted by molar-refractivity contribution is 5.99. The third-order valence-corrected chi connectivity index (χ3v) is 3.64. The van der Waals surface area contributed by atoms with E-state index in [1.165, 1.54) is 0 Å². The van der Waals surface area contributed by atoms with Crippen molar-refractivity contribution >= 4 is 5.84 Å². The van der Waals surface area contributed by atoms with Gasteiger partial charge in [0.05, 0.1) is 5.69 Å². The van der Waals surface area contributed by atoms with Gasteiger partial charge in [0.1, 0.15) is 5.84 Å². The summed E-state index contributed by atoms with van der Waals surface area (Å²) >= 11 is 0. The number of allylic oxidation sites excluding steroid dienone is 1. The molecule has 0 aliphatic heterocycles. The molecule has 1 aromatic carbocycles. The molecule has 0 bridgehead atoms. The molecule has 0 saturated carbocycles. The lowest BCUT2D eigenvalue weighted by Gasteiger charge is -2.11. The van der Waals surface area contributed by atoms with Gasteiger partial charge in [0.15, 0.2) is 0 Å². The van der Waals surface area contributed by atoms with Gasteiger partial charge >= 0.3 is 0 Å². The molecule has 0 unspecified atom stereocenters. The van der Waals surface area contributed by atoms with Crippen LogP contribution in [-0.2, 0) is 0 Å². The van der Waals surface area contributed by atoms with Crippen LogP contribution in [-0.4, -0.2) is 24.4 Å². The number of hydrogen-bond donors (Lipinski definition) is 1. The summed E-state index contributed by atoms with van der Waals surface area (Å²) in [5.74, 6) is 0.856. The van der Waals surface area contributed by atoms with Crippen molar-refractivity contribution in [1.82, 2.24) is 10.3 Å². The fraction of sp³-hybridized carbons (Fsp3) is 0.238. The zero-order valence-corrected chi connectivity index (χ0v) is 14.7. The van der Waals surface area contributed by atoms with Crippen LogP contribution >= 0.6 is 0 Å². The summed E-state index contributed by atoms with van der Waals surface area (Å²) in [5.41, 5.74) is 5.29. The quantitative estimate of drug-likeness (QED) is 0.482. The molecule has 0 saturated heterocycles. The zero-order valence-electron chi connectivity index (χ0n) is 14.7. The van der Waals surface area contributed by atoms with Gasteiger partial charge in [-0.05, 0) is 36.6 Å². The number of aliphatic imine (C=N–C) groups is 1. The number of nitrogens with one attached hydrogen (secondary N) is 1. The normalized spacial score (nSPS) is 11.7. The van der Waals surface area contributed by atoms with Crippen LogP contribution < -0.4 is 5.32 Å². The number of aromatic nitrogens is 1. The summed E-state index contributed by atoms with van der Waals surface area (Å²) in [6.45, 7) is 8.88. The Morgan fingerprint density at radius 2 is 2.12 bits per heavy atom. The van der Waals surface area contributed by atoms with Crippen molar-refractivity contribution in [2.75, 3.05) is 13.6 Å². The number of hydrogen-bond acceptors (Lipinski definition) is 2. The first-order chi connectivity index (χ1) is 11.6. The molecule has 0 fully saturated rings. The van der Waals surface area contributed by atoms with Crippen molar-refractivity contribution in [2.45, 2.75) is 20.3 Å². The van der Waals surface area contributed by atoms with E-state index in [2.05, 4.69) is 59.1 Å². The highest BCUT2D eigenvalue weighted by Crippen LogP contribution is 2.18. The summed E-state index contributed by atoms with van der Waals surface area (Å²) in [6.07, 6.45) is 7.06. The Labute approximate surface area is 144 Å². The lowest BCUT2D eigenvalue weighted by atomic mass is 10.1. The molecule has 0 atom stereocenters. The highest BCUT2D eigenvalue weighted by Gasteiger charge is 2.05.